The van der Waals surface area contributed by atoms with Gasteiger partial charge in [0, 0.05) is 13.0 Å². The fraction of sp³-hybridized carbons (Fsp3) is 0.600. The molecule has 0 unspecified atom stereocenters. The van der Waals surface area contributed by atoms with Crippen molar-refractivity contribution < 1.29 is 45.2 Å². The predicted octanol–water partition coefficient (Wildman–Crippen LogP) is 1.05. The SMILES string of the molecule is CCOC(=O)C1=C(OS(=O)(=O)C(F)(F)F)CCN(C(=O)O)C1. The number of carboxylic acid groups (broad SMARTS) is 1. The fourth-order valence-corrected chi connectivity index (χ4v) is 2.12. The van der Waals surface area contributed by atoms with E-state index in [0.29, 0.717) is 0 Å². The normalized spacial score (nSPS) is 16.5. The van der Waals surface area contributed by atoms with Gasteiger partial charge in [-0.2, -0.15) is 21.6 Å². The van der Waals surface area contributed by atoms with Crippen molar-refractivity contribution in [2.45, 2.75) is 18.9 Å². The molecule has 1 heterocycles. The van der Waals surface area contributed by atoms with Crippen LogP contribution in [0.4, 0.5) is 18.0 Å². The van der Waals surface area contributed by atoms with Crippen LogP contribution in [0.2, 0.25) is 0 Å². The van der Waals surface area contributed by atoms with Crippen molar-refractivity contribution >= 4 is 22.2 Å². The molecule has 22 heavy (non-hydrogen) atoms. The first-order chi connectivity index (χ1) is 9.99. The summed E-state index contributed by atoms with van der Waals surface area (Å²) >= 11 is 0. The minimum atomic E-state index is -5.95. The summed E-state index contributed by atoms with van der Waals surface area (Å²) in [4.78, 5) is 23.2. The number of esters is 1. The Labute approximate surface area is 123 Å². The smallest absolute Gasteiger partial charge is 0.465 e. The molecular weight excluding hydrogens is 335 g/mol. The van der Waals surface area contributed by atoms with Crippen LogP contribution < -0.4 is 0 Å². The number of ether oxygens (including phenoxy) is 1. The van der Waals surface area contributed by atoms with E-state index in [1.54, 1.807) is 0 Å². The molecule has 0 bridgehead atoms. The molecule has 0 fully saturated rings. The summed E-state index contributed by atoms with van der Waals surface area (Å²) in [6.07, 6.45) is -1.92. The quantitative estimate of drug-likeness (QED) is 0.460. The van der Waals surface area contributed by atoms with Gasteiger partial charge in [-0.25, -0.2) is 9.59 Å². The topological polar surface area (TPSA) is 110 Å². The number of rotatable bonds is 4. The van der Waals surface area contributed by atoms with Crippen molar-refractivity contribution in [3.63, 3.8) is 0 Å². The first-order valence-corrected chi connectivity index (χ1v) is 7.28. The molecule has 1 rings (SSSR count). The van der Waals surface area contributed by atoms with Crippen molar-refractivity contribution in [1.29, 1.82) is 0 Å². The number of hydrogen-bond donors (Lipinski definition) is 1. The molecule has 0 atom stereocenters. The second-order valence-corrected chi connectivity index (χ2v) is 5.60. The van der Waals surface area contributed by atoms with Crippen molar-refractivity contribution in [1.82, 2.24) is 4.90 Å². The van der Waals surface area contributed by atoms with E-state index in [9.17, 15) is 31.2 Å². The number of alkyl halides is 3. The lowest BCUT2D eigenvalue weighted by molar-refractivity contribution is -0.139. The molecule has 1 amide bonds. The van der Waals surface area contributed by atoms with Crippen molar-refractivity contribution in [3.05, 3.63) is 11.3 Å². The number of carbonyl (C=O) groups is 2. The Kier molecular flexibility index (Phi) is 5.27. The summed E-state index contributed by atoms with van der Waals surface area (Å²) in [6.45, 7) is 0.343. The summed E-state index contributed by atoms with van der Waals surface area (Å²) in [7, 11) is -5.95. The van der Waals surface area contributed by atoms with Crippen LogP contribution in [0.5, 0.6) is 0 Å². The first-order valence-electron chi connectivity index (χ1n) is 5.87. The zero-order chi connectivity index (χ0) is 17.1. The van der Waals surface area contributed by atoms with Crippen LogP contribution in [0, 0.1) is 0 Å². The monoisotopic (exact) mass is 347 g/mol. The maximum absolute atomic E-state index is 12.3. The maximum atomic E-state index is 12.3. The molecule has 0 aromatic carbocycles. The number of amides is 1. The minimum Gasteiger partial charge on any atom is -0.465 e. The molecule has 8 nitrogen and oxygen atoms in total. The van der Waals surface area contributed by atoms with Crippen LogP contribution in [0.3, 0.4) is 0 Å². The van der Waals surface area contributed by atoms with E-state index in [0.717, 1.165) is 4.90 Å². The molecule has 126 valence electrons. The Bertz CT molecular complexity index is 596. The van der Waals surface area contributed by atoms with E-state index in [1.807, 2.05) is 0 Å². The van der Waals surface area contributed by atoms with Crippen LogP contribution in [-0.4, -0.2) is 55.7 Å². The van der Waals surface area contributed by atoms with Gasteiger partial charge in [0.25, 0.3) is 0 Å². The van der Waals surface area contributed by atoms with E-state index in [1.165, 1.54) is 6.92 Å². The molecule has 12 heteroatoms. The summed E-state index contributed by atoms with van der Waals surface area (Å²) in [6, 6.07) is 0. The average Bonchev–Trinajstić information content (AvgIpc) is 2.37. The first kappa shape index (κ1) is 18.1. The molecule has 0 radical (unpaired) electrons. The van der Waals surface area contributed by atoms with Crippen molar-refractivity contribution in [2.24, 2.45) is 0 Å². The number of hydrogen-bond acceptors (Lipinski definition) is 6. The fourth-order valence-electron chi connectivity index (χ4n) is 1.58. The van der Waals surface area contributed by atoms with E-state index < -0.39 is 52.0 Å². The third-order valence-corrected chi connectivity index (χ3v) is 3.57. The second kappa shape index (κ2) is 6.42. The Balaban J connectivity index is 3.17. The van der Waals surface area contributed by atoms with Gasteiger partial charge in [-0.3, -0.25) is 0 Å². The van der Waals surface area contributed by atoms with Crippen LogP contribution in [0.15, 0.2) is 11.3 Å². The number of halogens is 3. The maximum Gasteiger partial charge on any atom is 0.534 e. The molecular formula is C10H12F3NO7S. The largest absolute Gasteiger partial charge is 0.534 e. The summed E-state index contributed by atoms with van der Waals surface area (Å²) in [5.41, 5.74) is -6.24. The third-order valence-electron chi connectivity index (χ3n) is 2.58. The van der Waals surface area contributed by atoms with Gasteiger partial charge in [0.1, 0.15) is 5.76 Å². The second-order valence-electron chi connectivity index (χ2n) is 4.06. The highest BCUT2D eigenvalue weighted by Gasteiger charge is 2.49. The van der Waals surface area contributed by atoms with Crippen molar-refractivity contribution in [2.75, 3.05) is 19.7 Å². The molecule has 0 aliphatic carbocycles. The molecule has 1 aliphatic rings. The van der Waals surface area contributed by atoms with E-state index in [-0.39, 0.29) is 13.2 Å². The van der Waals surface area contributed by atoms with Gasteiger partial charge >= 0.3 is 27.7 Å². The standard InChI is InChI=1S/C10H12F3NO7S/c1-2-20-8(15)6-5-14(9(16)17)4-3-7(6)21-22(18,19)10(11,12)13/h2-5H2,1H3,(H,16,17). The van der Waals surface area contributed by atoms with Crippen LogP contribution >= 0.6 is 0 Å². The number of carbonyl (C=O) groups excluding carboxylic acids is 1. The molecule has 0 saturated heterocycles. The lowest BCUT2D eigenvalue weighted by atomic mass is 10.1. The van der Waals surface area contributed by atoms with Gasteiger partial charge in [0.2, 0.25) is 0 Å². The molecule has 1 aliphatic heterocycles. The lowest BCUT2D eigenvalue weighted by Crippen LogP contribution is -2.39. The van der Waals surface area contributed by atoms with Gasteiger partial charge < -0.3 is 18.9 Å². The molecule has 0 aromatic heterocycles. The lowest BCUT2D eigenvalue weighted by Gasteiger charge is -2.27. The third kappa shape index (κ3) is 4.02. The zero-order valence-corrected chi connectivity index (χ0v) is 12.0. The Morgan fingerprint density at radius 1 is 1.36 bits per heavy atom. The van der Waals surface area contributed by atoms with E-state index >= 15 is 0 Å². The molecule has 1 N–H and O–H groups in total. The highest BCUT2D eigenvalue weighted by atomic mass is 32.2. The highest BCUT2D eigenvalue weighted by molar-refractivity contribution is 7.87. The van der Waals surface area contributed by atoms with Crippen LogP contribution in [0.25, 0.3) is 0 Å². The Hall–Kier alpha value is -1.98. The summed E-state index contributed by atoms with van der Waals surface area (Å²) in [5.74, 6) is -1.91. The number of nitrogens with zero attached hydrogens (tertiary/aromatic N) is 1. The van der Waals surface area contributed by atoms with E-state index in [2.05, 4.69) is 8.92 Å². The van der Waals surface area contributed by atoms with Gasteiger partial charge in [0.05, 0.1) is 18.7 Å². The minimum absolute atomic E-state index is 0.130. The Morgan fingerprint density at radius 3 is 2.41 bits per heavy atom. The molecule has 0 saturated carbocycles. The summed E-state index contributed by atoms with van der Waals surface area (Å²) < 4.78 is 67.5. The van der Waals surface area contributed by atoms with Gasteiger partial charge in [-0.15, -0.1) is 0 Å². The average molecular weight is 347 g/mol. The van der Waals surface area contributed by atoms with Crippen LogP contribution in [0.1, 0.15) is 13.3 Å². The van der Waals surface area contributed by atoms with Gasteiger partial charge in [-0.1, -0.05) is 0 Å². The Morgan fingerprint density at radius 2 is 1.95 bits per heavy atom. The van der Waals surface area contributed by atoms with Gasteiger partial charge in [0.15, 0.2) is 0 Å². The highest BCUT2D eigenvalue weighted by Crippen LogP contribution is 2.30. The van der Waals surface area contributed by atoms with Crippen molar-refractivity contribution in [3.8, 4) is 0 Å². The molecule has 0 spiro atoms. The van der Waals surface area contributed by atoms with E-state index in [4.69, 9.17) is 5.11 Å². The van der Waals surface area contributed by atoms with Crippen LogP contribution in [-0.2, 0) is 23.8 Å². The summed E-state index contributed by atoms with van der Waals surface area (Å²) in [5, 5.41) is 8.83. The predicted molar refractivity (Wildman–Crippen MR) is 63.9 cm³/mol. The zero-order valence-electron chi connectivity index (χ0n) is 11.2. The molecule has 0 aromatic rings. The van der Waals surface area contributed by atoms with Gasteiger partial charge in [-0.05, 0) is 6.92 Å².